The lowest BCUT2D eigenvalue weighted by atomic mass is 9.39. The van der Waals surface area contributed by atoms with Gasteiger partial charge in [0, 0.05) is 16.7 Å². The number of hydrogen-bond acceptors (Lipinski definition) is 1. The Morgan fingerprint density at radius 1 is 0.857 bits per heavy atom. The molecule has 0 amide bonds. The summed E-state index contributed by atoms with van der Waals surface area (Å²) in [6.45, 7) is 15.1. The largest absolute Gasteiger partial charge is 0.456 e. The Labute approximate surface area is 250 Å². The van der Waals surface area contributed by atoms with E-state index < -0.39 is 0 Å². The Morgan fingerprint density at radius 2 is 1.62 bits per heavy atom. The summed E-state index contributed by atoms with van der Waals surface area (Å²) < 4.78 is 6.16. The van der Waals surface area contributed by atoms with E-state index in [9.17, 15) is 0 Å². The van der Waals surface area contributed by atoms with Crippen LogP contribution in [0.1, 0.15) is 45.1 Å². The molecule has 0 saturated carbocycles. The van der Waals surface area contributed by atoms with Crippen molar-refractivity contribution in [2.45, 2.75) is 39.5 Å². The van der Waals surface area contributed by atoms with Crippen molar-refractivity contribution >= 4 is 45.0 Å². The molecule has 1 aliphatic heterocycles. The Hall–Kier alpha value is -4.56. The van der Waals surface area contributed by atoms with Gasteiger partial charge in [0.05, 0.1) is 0 Å². The standard InChI is InChI=1S/C40H37BO/c1-6-8-14-29(24-28(5)32(27(3)4)15-9-7-2)30-20-22-34-33-16-10-12-18-37(33)41(38(34)25-30)31-21-23-40-36(26-31)35-17-11-13-19-39(35)42-40/h7-23,25-26,29H,2,5-6,24H2,1,3-4H3/b14-8-,15-9-. The summed E-state index contributed by atoms with van der Waals surface area (Å²) in [6.07, 6.45) is 12.5. The molecule has 0 N–H and O–H groups in total. The molecule has 2 heteroatoms. The maximum absolute atomic E-state index is 6.16. The van der Waals surface area contributed by atoms with E-state index in [1.807, 2.05) is 24.3 Å². The van der Waals surface area contributed by atoms with Crippen LogP contribution in [0.2, 0.25) is 0 Å². The van der Waals surface area contributed by atoms with E-state index in [1.165, 1.54) is 55.0 Å². The number of hydrogen-bond donors (Lipinski definition) is 0. The number of allylic oxidation sites excluding steroid dienone is 8. The molecule has 6 rings (SSSR count). The summed E-state index contributed by atoms with van der Waals surface area (Å²) in [5, 5.41) is 2.34. The van der Waals surface area contributed by atoms with Crippen LogP contribution in [0.5, 0.6) is 0 Å². The number of benzene rings is 4. The molecule has 206 valence electrons. The van der Waals surface area contributed by atoms with Crippen LogP contribution >= 0.6 is 0 Å². The summed E-state index contributed by atoms with van der Waals surface area (Å²) in [5.41, 5.74) is 13.5. The van der Waals surface area contributed by atoms with Gasteiger partial charge in [-0.25, -0.2) is 0 Å². The Morgan fingerprint density at radius 3 is 2.43 bits per heavy atom. The van der Waals surface area contributed by atoms with Crippen LogP contribution in [-0.4, -0.2) is 6.71 Å². The van der Waals surface area contributed by atoms with Gasteiger partial charge < -0.3 is 4.42 Å². The van der Waals surface area contributed by atoms with Crippen molar-refractivity contribution in [3.63, 3.8) is 0 Å². The number of fused-ring (bicyclic) bond motifs is 6. The van der Waals surface area contributed by atoms with Crippen LogP contribution in [-0.2, 0) is 0 Å². The van der Waals surface area contributed by atoms with Gasteiger partial charge in [0.15, 0.2) is 0 Å². The van der Waals surface area contributed by atoms with E-state index >= 15 is 0 Å². The molecule has 1 atom stereocenters. The summed E-state index contributed by atoms with van der Waals surface area (Å²) in [6, 6.07) is 31.0. The molecular formula is C40H37BO. The van der Waals surface area contributed by atoms with Crippen molar-refractivity contribution in [3.05, 3.63) is 151 Å². The number of para-hydroxylation sites is 1. The van der Waals surface area contributed by atoms with Gasteiger partial charge in [0.25, 0.3) is 0 Å². The highest BCUT2D eigenvalue weighted by Crippen LogP contribution is 2.33. The fourth-order valence-electron chi connectivity index (χ4n) is 6.51. The van der Waals surface area contributed by atoms with Crippen molar-refractivity contribution in [1.29, 1.82) is 0 Å². The maximum Gasteiger partial charge on any atom is 0.242 e. The average molecular weight is 545 g/mol. The highest BCUT2D eigenvalue weighted by Gasteiger charge is 2.34. The molecule has 5 aromatic rings. The highest BCUT2D eigenvalue weighted by molar-refractivity contribution is 6.99. The topological polar surface area (TPSA) is 13.1 Å². The van der Waals surface area contributed by atoms with Crippen LogP contribution in [0, 0.1) is 0 Å². The Balaban J connectivity index is 1.45. The Kier molecular flexibility index (Phi) is 7.72. The first-order valence-electron chi connectivity index (χ1n) is 15.0. The predicted octanol–water partition coefficient (Wildman–Crippen LogP) is 9.16. The van der Waals surface area contributed by atoms with E-state index in [4.69, 9.17) is 4.42 Å². The van der Waals surface area contributed by atoms with Gasteiger partial charge in [0.1, 0.15) is 11.2 Å². The van der Waals surface area contributed by atoms with Crippen LogP contribution in [0.15, 0.2) is 150 Å². The van der Waals surface area contributed by atoms with Gasteiger partial charge in [-0.3, -0.25) is 0 Å². The minimum absolute atomic E-state index is 0.164. The first-order valence-corrected chi connectivity index (χ1v) is 15.0. The third-order valence-electron chi connectivity index (χ3n) is 8.50. The van der Waals surface area contributed by atoms with Gasteiger partial charge >= 0.3 is 0 Å². The second-order valence-corrected chi connectivity index (χ2v) is 11.5. The monoisotopic (exact) mass is 544 g/mol. The molecule has 0 aliphatic carbocycles. The molecule has 1 aliphatic rings. The molecule has 1 nitrogen and oxygen atoms in total. The third kappa shape index (κ3) is 5.03. The molecule has 2 heterocycles. The molecule has 1 unspecified atom stereocenters. The van der Waals surface area contributed by atoms with Crippen molar-refractivity contribution in [1.82, 2.24) is 0 Å². The third-order valence-corrected chi connectivity index (χ3v) is 8.50. The lowest BCUT2D eigenvalue weighted by Gasteiger charge is -2.19. The normalized spacial score (nSPS) is 13.2. The quantitative estimate of drug-likeness (QED) is 0.101. The lowest BCUT2D eigenvalue weighted by molar-refractivity contribution is 0.669. The highest BCUT2D eigenvalue weighted by atomic mass is 16.3. The first kappa shape index (κ1) is 27.6. The van der Waals surface area contributed by atoms with Gasteiger partial charge in [-0.05, 0) is 66.7 Å². The zero-order valence-electron chi connectivity index (χ0n) is 24.9. The number of rotatable bonds is 9. The minimum Gasteiger partial charge on any atom is -0.456 e. The van der Waals surface area contributed by atoms with Gasteiger partial charge in [-0.2, -0.15) is 0 Å². The fourth-order valence-corrected chi connectivity index (χ4v) is 6.51. The summed E-state index contributed by atoms with van der Waals surface area (Å²) >= 11 is 0. The average Bonchev–Trinajstić information content (AvgIpc) is 3.54. The molecule has 1 aromatic heterocycles. The second-order valence-electron chi connectivity index (χ2n) is 11.5. The van der Waals surface area contributed by atoms with Crippen molar-refractivity contribution in [2.24, 2.45) is 0 Å². The molecule has 0 fully saturated rings. The lowest BCUT2D eigenvalue weighted by Crippen LogP contribution is -2.48. The predicted molar refractivity (Wildman–Crippen MR) is 184 cm³/mol. The van der Waals surface area contributed by atoms with E-state index in [2.05, 4.69) is 125 Å². The molecular weight excluding hydrogens is 507 g/mol. The van der Waals surface area contributed by atoms with Gasteiger partial charge in [-0.1, -0.05) is 145 Å². The first-order chi connectivity index (χ1) is 20.5. The molecule has 0 saturated heterocycles. The Bertz CT molecular complexity index is 1910. The second kappa shape index (κ2) is 11.7. The number of furan rings is 1. The van der Waals surface area contributed by atoms with Crippen LogP contribution in [0.25, 0.3) is 33.1 Å². The van der Waals surface area contributed by atoms with Crippen molar-refractivity contribution < 1.29 is 4.42 Å². The van der Waals surface area contributed by atoms with Crippen LogP contribution < -0.4 is 16.4 Å². The molecule has 0 bridgehead atoms. The summed E-state index contributed by atoms with van der Waals surface area (Å²) in [5.74, 6) is 0.235. The molecule has 42 heavy (non-hydrogen) atoms. The zero-order valence-corrected chi connectivity index (χ0v) is 24.9. The van der Waals surface area contributed by atoms with Gasteiger partial charge in [0.2, 0.25) is 6.71 Å². The maximum atomic E-state index is 6.16. The van der Waals surface area contributed by atoms with Crippen LogP contribution in [0.4, 0.5) is 0 Å². The van der Waals surface area contributed by atoms with Crippen molar-refractivity contribution in [2.75, 3.05) is 0 Å². The molecule has 4 aromatic carbocycles. The van der Waals surface area contributed by atoms with Gasteiger partial charge in [-0.15, -0.1) is 0 Å². The smallest absolute Gasteiger partial charge is 0.242 e. The molecule has 0 spiro atoms. The fraction of sp³-hybridized carbons (Fsp3) is 0.150. The van der Waals surface area contributed by atoms with E-state index in [0.29, 0.717) is 0 Å². The van der Waals surface area contributed by atoms with Crippen molar-refractivity contribution in [3.8, 4) is 11.1 Å². The van der Waals surface area contributed by atoms with E-state index in [0.717, 1.165) is 29.6 Å². The van der Waals surface area contributed by atoms with E-state index in [1.54, 1.807) is 0 Å². The SMILES string of the molecule is C=C/C=C\C(C(=C)CC(/C=C\CC)c1ccc2c(c1)B(c1ccc3oc4ccccc4c3c1)c1ccccc1-2)=C(C)C. The summed E-state index contributed by atoms with van der Waals surface area (Å²) in [4.78, 5) is 0. The van der Waals surface area contributed by atoms with Crippen LogP contribution in [0.3, 0.4) is 0 Å². The van der Waals surface area contributed by atoms with E-state index in [-0.39, 0.29) is 12.6 Å². The molecule has 0 radical (unpaired) electrons. The zero-order chi connectivity index (χ0) is 29.2. The minimum atomic E-state index is 0.164. The summed E-state index contributed by atoms with van der Waals surface area (Å²) in [7, 11) is 0.